The number of aryl methyl sites for hydroxylation is 1. The van der Waals surface area contributed by atoms with Crippen LogP contribution in [0, 0.1) is 24.4 Å². The van der Waals surface area contributed by atoms with Gasteiger partial charge < -0.3 is 5.32 Å². The quantitative estimate of drug-likeness (QED) is 0.796. The van der Waals surface area contributed by atoms with E-state index in [0.29, 0.717) is 12.1 Å². The van der Waals surface area contributed by atoms with Crippen LogP contribution in [-0.4, -0.2) is 6.54 Å². The van der Waals surface area contributed by atoms with E-state index >= 15 is 0 Å². The molecule has 0 radical (unpaired) electrons. The van der Waals surface area contributed by atoms with Crippen LogP contribution >= 0.6 is 0 Å². The summed E-state index contributed by atoms with van der Waals surface area (Å²) < 4.78 is 42.0. The zero-order valence-corrected chi connectivity index (χ0v) is 12.1. The minimum Gasteiger partial charge on any atom is -0.313 e. The van der Waals surface area contributed by atoms with Crippen LogP contribution < -0.4 is 5.32 Å². The fraction of sp³-hybridized carbons (Fsp3) is 0.294. The highest BCUT2D eigenvalue weighted by Crippen LogP contribution is 2.30. The molecule has 0 heterocycles. The SMILES string of the molecule is CCCNCc1ccc(F)c(-c2c(F)ccc(C)c2F)c1. The molecule has 0 bridgehead atoms. The van der Waals surface area contributed by atoms with Gasteiger partial charge in [0.2, 0.25) is 0 Å². The highest BCUT2D eigenvalue weighted by Gasteiger charge is 2.17. The molecule has 112 valence electrons. The van der Waals surface area contributed by atoms with Gasteiger partial charge in [-0.1, -0.05) is 19.1 Å². The molecular weight excluding hydrogens is 275 g/mol. The molecule has 1 nitrogen and oxygen atoms in total. The van der Waals surface area contributed by atoms with Crippen LogP contribution in [0.5, 0.6) is 0 Å². The zero-order chi connectivity index (χ0) is 15.4. The van der Waals surface area contributed by atoms with Crippen molar-refractivity contribution in [1.29, 1.82) is 0 Å². The molecule has 0 aliphatic rings. The van der Waals surface area contributed by atoms with Crippen molar-refractivity contribution in [1.82, 2.24) is 5.32 Å². The molecule has 0 aromatic heterocycles. The zero-order valence-electron chi connectivity index (χ0n) is 12.1. The van der Waals surface area contributed by atoms with E-state index in [2.05, 4.69) is 5.32 Å². The van der Waals surface area contributed by atoms with Crippen LogP contribution in [0.25, 0.3) is 11.1 Å². The predicted molar refractivity (Wildman–Crippen MR) is 78.5 cm³/mol. The molecule has 0 aliphatic heterocycles. The van der Waals surface area contributed by atoms with Gasteiger partial charge in [0.1, 0.15) is 17.5 Å². The van der Waals surface area contributed by atoms with E-state index in [-0.39, 0.29) is 11.1 Å². The Morgan fingerprint density at radius 1 is 1.00 bits per heavy atom. The second-order valence-electron chi connectivity index (χ2n) is 5.04. The fourth-order valence-corrected chi connectivity index (χ4v) is 2.19. The smallest absolute Gasteiger partial charge is 0.136 e. The van der Waals surface area contributed by atoms with Gasteiger partial charge in [-0.3, -0.25) is 0 Å². The van der Waals surface area contributed by atoms with Gasteiger partial charge in [-0.25, -0.2) is 13.2 Å². The maximum atomic E-state index is 14.1. The van der Waals surface area contributed by atoms with Crippen LogP contribution in [0.2, 0.25) is 0 Å². The second kappa shape index (κ2) is 6.76. The number of halogens is 3. The summed E-state index contributed by atoms with van der Waals surface area (Å²) in [5.41, 5.74) is 0.745. The Bertz CT molecular complexity index is 638. The minimum absolute atomic E-state index is 0.0375. The molecule has 2 aromatic rings. The first-order chi connectivity index (χ1) is 10.0. The van der Waals surface area contributed by atoms with Crippen LogP contribution in [0.1, 0.15) is 24.5 Å². The van der Waals surface area contributed by atoms with Crippen LogP contribution in [0.4, 0.5) is 13.2 Å². The second-order valence-corrected chi connectivity index (χ2v) is 5.04. The Morgan fingerprint density at radius 2 is 1.71 bits per heavy atom. The van der Waals surface area contributed by atoms with Gasteiger partial charge in [0.25, 0.3) is 0 Å². The van der Waals surface area contributed by atoms with Crippen molar-refractivity contribution in [3.63, 3.8) is 0 Å². The Morgan fingerprint density at radius 3 is 2.43 bits per heavy atom. The third-order valence-corrected chi connectivity index (χ3v) is 3.34. The number of hydrogen-bond acceptors (Lipinski definition) is 1. The van der Waals surface area contributed by atoms with Crippen LogP contribution in [0.15, 0.2) is 30.3 Å². The van der Waals surface area contributed by atoms with E-state index in [4.69, 9.17) is 0 Å². The summed E-state index contributed by atoms with van der Waals surface area (Å²) in [6, 6.07) is 6.87. The number of benzene rings is 2. The lowest BCUT2D eigenvalue weighted by atomic mass is 9.99. The van der Waals surface area contributed by atoms with Gasteiger partial charge in [-0.05, 0) is 49.2 Å². The molecule has 21 heavy (non-hydrogen) atoms. The molecule has 4 heteroatoms. The summed E-state index contributed by atoms with van der Waals surface area (Å²) in [6.07, 6.45) is 0.981. The maximum absolute atomic E-state index is 14.1. The molecule has 1 N–H and O–H groups in total. The van der Waals surface area contributed by atoms with Gasteiger partial charge in [0, 0.05) is 12.1 Å². The third-order valence-electron chi connectivity index (χ3n) is 3.34. The molecular formula is C17H18F3N. The van der Waals surface area contributed by atoms with E-state index in [1.54, 1.807) is 6.07 Å². The first kappa shape index (κ1) is 15.6. The van der Waals surface area contributed by atoms with Crippen molar-refractivity contribution in [3.05, 3.63) is 58.9 Å². The number of hydrogen-bond donors (Lipinski definition) is 1. The van der Waals surface area contributed by atoms with Crippen molar-refractivity contribution in [2.24, 2.45) is 0 Å². The molecule has 0 aliphatic carbocycles. The Hall–Kier alpha value is -1.81. The van der Waals surface area contributed by atoms with Crippen LogP contribution in [-0.2, 0) is 6.54 Å². The molecule has 0 amide bonds. The van der Waals surface area contributed by atoms with E-state index in [9.17, 15) is 13.2 Å². The molecule has 2 aromatic carbocycles. The van der Waals surface area contributed by atoms with E-state index in [1.165, 1.54) is 25.1 Å². The minimum atomic E-state index is -0.754. The average molecular weight is 293 g/mol. The molecule has 0 saturated heterocycles. The third kappa shape index (κ3) is 3.45. The fourth-order valence-electron chi connectivity index (χ4n) is 2.19. The lowest BCUT2D eigenvalue weighted by molar-refractivity contribution is 0.576. The number of rotatable bonds is 5. The largest absolute Gasteiger partial charge is 0.313 e. The lowest BCUT2D eigenvalue weighted by Crippen LogP contribution is -2.13. The summed E-state index contributed by atoms with van der Waals surface area (Å²) in [7, 11) is 0. The molecule has 2 rings (SSSR count). The van der Waals surface area contributed by atoms with Gasteiger partial charge in [0.05, 0.1) is 5.56 Å². The molecule has 0 unspecified atom stereocenters. The highest BCUT2D eigenvalue weighted by molar-refractivity contribution is 5.67. The summed E-state index contributed by atoms with van der Waals surface area (Å²) in [4.78, 5) is 0. The normalized spacial score (nSPS) is 10.9. The Balaban J connectivity index is 2.44. The highest BCUT2D eigenvalue weighted by atomic mass is 19.1. The summed E-state index contributed by atoms with van der Waals surface area (Å²) >= 11 is 0. The van der Waals surface area contributed by atoms with E-state index < -0.39 is 17.5 Å². The monoisotopic (exact) mass is 293 g/mol. The van der Waals surface area contributed by atoms with Gasteiger partial charge >= 0.3 is 0 Å². The lowest BCUT2D eigenvalue weighted by Gasteiger charge is -2.11. The first-order valence-electron chi connectivity index (χ1n) is 6.98. The Kier molecular flexibility index (Phi) is 5.02. The molecule has 0 spiro atoms. The number of nitrogens with one attached hydrogen (secondary N) is 1. The van der Waals surface area contributed by atoms with Crippen molar-refractivity contribution in [2.75, 3.05) is 6.54 Å². The van der Waals surface area contributed by atoms with Crippen LogP contribution in [0.3, 0.4) is 0 Å². The van der Waals surface area contributed by atoms with Gasteiger partial charge in [-0.15, -0.1) is 0 Å². The van der Waals surface area contributed by atoms with Crippen molar-refractivity contribution in [2.45, 2.75) is 26.8 Å². The summed E-state index contributed by atoms with van der Waals surface area (Å²) in [5.74, 6) is -2.10. The first-order valence-corrected chi connectivity index (χ1v) is 6.98. The van der Waals surface area contributed by atoms with E-state index in [1.807, 2.05) is 6.92 Å². The van der Waals surface area contributed by atoms with Crippen molar-refractivity contribution in [3.8, 4) is 11.1 Å². The average Bonchev–Trinajstić information content (AvgIpc) is 2.46. The van der Waals surface area contributed by atoms with Crippen molar-refractivity contribution >= 4 is 0 Å². The standard InChI is InChI=1S/C17H18F3N/c1-3-8-21-10-12-5-7-14(18)13(9-12)16-15(19)6-4-11(2)17(16)20/h4-7,9,21H,3,8,10H2,1-2H3. The molecule has 0 fully saturated rings. The van der Waals surface area contributed by atoms with Gasteiger partial charge in [0.15, 0.2) is 0 Å². The molecule has 0 atom stereocenters. The maximum Gasteiger partial charge on any atom is 0.136 e. The van der Waals surface area contributed by atoms with E-state index in [0.717, 1.165) is 24.6 Å². The van der Waals surface area contributed by atoms with Crippen molar-refractivity contribution < 1.29 is 13.2 Å². The Labute approximate surface area is 122 Å². The topological polar surface area (TPSA) is 12.0 Å². The summed E-state index contributed by atoms with van der Waals surface area (Å²) in [5, 5.41) is 3.18. The van der Waals surface area contributed by atoms with Gasteiger partial charge in [-0.2, -0.15) is 0 Å². The molecule has 0 saturated carbocycles. The summed E-state index contributed by atoms with van der Waals surface area (Å²) in [6.45, 7) is 4.94. The predicted octanol–water partition coefficient (Wildman–Crippen LogP) is 4.58.